The number of fused-ring (bicyclic) bond motifs is 1. The van der Waals surface area contributed by atoms with Gasteiger partial charge in [-0.25, -0.2) is 0 Å². The zero-order valence-electron chi connectivity index (χ0n) is 10.7. The molecule has 0 spiro atoms. The summed E-state index contributed by atoms with van der Waals surface area (Å²) in [5.74, 6) is 0.252. The van der Waals surface area contributed by atoms with Gasteiger partial charge in [0.05, 0.1) is 5.41 Å². The predicted molar refractivity (Wildman–Crippen MR) is 73.0 cm³/mol. The maximum absolute atomic E-state index is 12.6. The van der Waals surface area contributed by atoms with E-state index in [9.17, 15) is 4.79 Å². The van der Waals surface area contributed by atoms with Gasteiger partial charge in [0.25, 0.3) is 0 Å². The van der Waals surface area contributed by atoms with Crippen LogP contribution in [-0.2, 0) is 11.8 Å². The van der Waals surface area contributed by atoms with E-state index in [2.05, 4.69) is 44.2 Å². The summed E-state index contributed by atoms with van der Waals surface area (Å²) in [6.45, 7) is 4.12. The number of ketones is 1. The Morgan fingerprint density at radius 3 is 2.33 bits per heavy atom. The van der Waals surface area contributed by atoms with Gasteiger partial charge in [-0.1, -0.05) is 54.1 Å². The lowest BCUT2D eigenvalue weighted by atomic mass is 9.79. The maximum Gasteiger partial charge on any atom is 0.173 e. The van der Waals surface area contributed by atoms with Gasteiger partial charge in [-0.3, -0.25) is 4.79 Å². The normalized spacial score (nSPS) is 22.0. The molecule has 0 saturated heterocycles. The molecule has 1 atom stereocenters. The first-order valence-electron chi connectivity index (χ1n) is 6.31. The third-order valence-corrected chi connectivity index (χ3v) is 4.00. The average molecular weight is 236 g/mol. The Bertz CT molecular complexity index is 610. The minimum absolute atomic E-state index is 0.252. The molecule has 90 valence electrons. The largest absolute Gasteiger partial charge is 0.293 e. The lowest BCUT2D eigenvalue weighted by Gasteiger charge is -2.22. The molecule has 2 aromatic rings. The van der Waals surface area contributed by atoms with E-state index in [4.69, 9.17) is 0 Å². The molecule has 0 amide bonds. The first-order valence-corrected chi connectivity index (χ1v) is 6.31. The van der Waals surface area contributed by atoms with Crippen molar-refractivity contribution in [1.82, 2.24) is 0 Å². The summed E-state index contributed by atoms with van der Waals surface area (Å²) < 4.78 is 0. The SMILES string of the molecule is Cc1ccc(C2(C)Cc3ccccc3C2=O)cc1. The van der Waals surface area contributed by atoms with E-state index >= 15 is 0 Å². The number of rotatable bonds is 1. The van der Waals surface area contributed by atoms with Crippen LogP contribution in [0.2, 0.25) is 0 Å². The van der Waals surface area contributed by atoms with Crippen LogP contribution in [0.3, 0.4) is 0 Å². The van der Waals surface area contributed by atoms with Crippen molar-refractivity contribution in [3.63, 3.8) is 0 Å². The summed E-state index contributed by atoms with van der Waals surface area (Å²) in [4.78, 5) is 12.6. The van der Waals surface area contributed by atoms with E-state index in [1.807, 2.05) is 18.2 Å². The van der Waals surface area contributed by atoms with Gasteiger partial charge in [-0.05, 0) is 31.4 Å². The minimum Gasteiger partial charge on any atom is -0.293 e. The quantitative estimate of drug-likeness (QED) is 0.738. The Balaban J connectivity index is 2.09. The molecule has 1 aliphatic carbocycles. The molecular formula is C17H16O. The molecule has 0 saturated carbocycles. The molecule has 0 fully saturated rings. The van der Waals surface area contributed by atoms with Crippen LogP contribution in [0.4, 0.5) is 0 Å². The fraction of sp³-hybridized carbons (Fsp3) is 0.235. The van der Waals surface area contributed by atoms with E-state index in [0.29, 0.717) is 0 Å². The van der Waals surface area contributed by atoms with E-state index in [1.165, 1.54) is 11.1 Å². The van der Waals surface area contributed by atoms with Crippen molar-refractivity contribution in [1.29, 1.82) is 0 Å². The molecule has 18 heavy (non-hydrogen) atoms. The van der Waals surface area contributed by atoms with Crippen molar-refractivity contribution in [3.05, 3.63) is 70.8 Å². The van der Waals surface area contributed by atoms with Gasteiger partial charge < -0.3 is 0 Å². The molecule has 0 heterocycles. The van der Waals surface area contributed by atoms with Crippen molar-refractivity contribution >= 4 is 5.78 Å². The van der Waals surface area contributed by atoms with Crippen LogP contribution in [-0.4, -0.2) is 5.78 Å². The van der Waals surface area contributed by atoms with Gasteiger partial charge in [-0.15, -0.1) is 0 Å². The highest BCUT2D eigenvalue weighted by Crippen LogP contribution is 2.39. The molecule has 3 rings (SSSR count). The molecule has 1 unspecified atom stereocenters. The number of benzene rings is 2. The zero-order chi connectivity index (χ0) is 12.8. The molecule has 2 aromatic carbocycles. The highest BCUT2D eigenvalue weighted by Gasteiger charge is 2.42. The number of hydrogen-bond donors (Lipinski definition) is 0. The topological polar surface area (TPSA) is 17.1 Å². The lowest BCUT2D eigenvalue weighted by molar-refractivity contribution is 0.0915. The van der Waals surface area contributed by atoms with Crippen LogP contribution in [0.1, 0.15) is 34.0 Å². The van der Waals surface area contributed by atoms with Gasteiger partial charge in [0.15, 0.2) is 5.78 Å². The third kappa shape index (κ3) is 1.51. The summed E-state index contributed by atoms with van der Waals surface area (Å²) in [5.41, 5.74) is 4.02. The van der Waals surface area contributed by atoms with E-state index in [1.54, 1.807) is 0 Å². The number of Topliss-reactive ketones (excluding diaryl/α,β-unsaturated/α-hetero) is 1. The Hall–Kier alpha value is -1.89. The van der Waals surface area contributed by atoms with E-state index in [0.717, 1.165) is 17.5 Å². The average Bonchev–Trinajstić information content (AvgIpc) is 2.64. The van der Waals surface area contributed by atoms with Gasteiger partial charge >= 0.3 is 0 Å². The zero-order valence-corrected chi connectivity index (χ0v) is 10.7. The Labute approximate surface area is 107 Å². The van der Waals surface area contributed by atoms with Crippen LogP contribution < -0.4 is 0 Å². The van der Waals surface area contributed by atoms with Crippen molar-refractivity contribution < 1.29 is 4.79 Å². The van der Waals surface area contributed by atoms with Gasteiger partial charge in [0.2, 0.25) is 0 Å². The molecular weight excluding hydrogens is 220 g/mol. The number of carbonyl (C=O) groups is 1. The summed E-state index contributed by atoms with van der Waals surface area (Å²) in [7, 11) is 0. The molecule has 0 aliphatic heterocycles. The highest BCUT2D eigenvalue weighted by molar-refractivity contribution is 6.08. The fourth-order valence-corrected chi connectivity index (χ4v) is 2.81. The Kier molecular flexibility index (Phi) is 2.37. The van der Waals surface area contributed by atoms with Gasteiger partial charge in [-0.2, -0.15) is 0 Å². The highest BCUT2D eigenvalue weighted by atomic mass is 16.1. The molecule has 1 heteroatoms. The van der Waals surface area contributed by atoms with Crippen molar-refractivity contribution in [3.8, 4) is 0 Å². The van der Waals surface area contributed by atoms with Gasteiger partial charge in [0, 0.05) is 5.56 Å². The number of aryl methyl sites for hydroxylation is 1. The first kappa shape index (κ1) is 11.2. The number of carbonyl (C=O) groups excluding carboxylic acids is 1. The minimum atomic E-state index is -0.391. The molecule has 0 N–H and O–H groups in total. The standard InChI is InChI=1S/C17H16O/c1-12-7-9-14(10-8-12)17(2)11-13-5-3-4-6-15(13)16(17)18/h3-10H,11H2,1-2H3. The Morgan fingerprint density at radius 2 is 1.67 bits per heavy atom. The Morgan fingerprint density at radius 1 is 1.00 bits per heavy atom. The maximum atomic E-state index is 12.6. The fourth-order valence-electron chi connectivity index (χ4n) is 2.81. The smallest absolute Gasteiger partial charge is 0.173 e. The van der Waals surface area contributed by atoms with Gasteiger partial charge in [0.1, 0.15) is 0 Å². The van der Waals surface area contributed by atoms with Crippen LogP contribution >= 0.6 is 0 Å². The van der Waals surface area contributed by atoms with Crippen LogP contribution in [0.5, 0.6) is 0 Å². The molecule has 0 bridgehead atoms. The van der Waals surface area contributed by atoms with Crippen LogP contribution in [0, 0.1) is 6.92 Å². The first-order chi connectivity index (χ1) is 8.61. The molecule has 1 nitrogen and oxygen atoms in total. The summed E-state index contributed by atoms with van der Waals surface area (Å²) in [5, 5.41) is 0. The second-order valence-electron chi connectivity index (χ2n) is 5.36. The van der Waals surface area contributed by atoms with Crippen LogP contribution in [0.25, 0.3) is 0 Å². The second kappa shape index (κ2) is 3.81. The molecule has 0 aromatic heterocycles. The van der Waals surface area contributed by atoms with E-state index < -0.39 is 5.41 Å². The van der Waals surface area contributed by atoms with Crippen molar-refractivity contribution in [2.24, 2.45) is 0 Å². The second-order valence-corrected chi connectivity index (χ2v) is 5.36. The monoisotopic (exact) mass is 236 g/mol. The molecule has 1 aliphatic rings. The van der Waals surface area contributed by atoms with Crippen molar-refractivity contribution in [2.75, 3.05) is 0 Å². The summed E-state index contributed by atoms with van der Waals surface area (Å²) in [6.07, 6.45) is 0.811. The van der Waals surface area contributed by atoms with Crippen molar-refractivity contribution in [2.45, 2.75) is 25.7 Å². The van der Waals surface area contributed by atoms with E-state index in [-0.39, 0.29) is 5.78 Å². The molecule has 0 radical (unpaired) electrons. The van der Waals surface area contributed by atoms with Crippen LogP contribution in [0.15, 0.2) is 48.5 Å². The summed E-state index contributed by atoms with van der Waals surface area (Å²) in [6, 6.07) is 16.3. The lowest BCUT2D eigenvalue weighted by Crippen LogP contribution is -2.29. The third-order valence-electron chi connectivity index (χ3n) is 4.00. The predicted octanol–water partition coefficient (Wildman–Crippen LogP) is 3.69. The summed E-state index contributed by atoms with van der Waals surface area (Å²) >= 11 is 0. The number of hydrogen-bond acceptors (Lipinski definition) is 1.